The molecule has 5 heteroatoms. The third-order valence-electron chi connectivity index (χ3n) is 3.18. The molecular weight excluding hydrogens is 328 g/mol. The highest BCUT2D eigenvalue weighted by Crippen LogP contribution is 2.30. The lowest BCUT2D eigenvalue weighted by Gasteiger charge is -2.13. The number of aliphatic hydroxyl groups excluding tert-OH is 1. The van der Waals surface area contributed by atoms with E-state index in [0.29, 0.717) is 11.6 Å². The Hall–Kier alpha value is -0.840. The Morgan fingerprint density at radius 1 is 1.42 bits per heavy atom. The lowest BCUT2D eigenvalue weighted by atomic mass is 10.0. The number of hydrogen-bond acceptors (Lipinski definition) is 2. The van der Waals surface area contributed by atoms with E-state index in [1.54, 1.807) is 11.7 Å². The zero-order valence-corrected chi connectivity index (χ0v) is 13.5. The topological polar surface area (TPSA) is 38.1 Å². The van der Waals surface area contributed by atoms with Crippen molar-refractivity contribution >= 4 is 27.5 Å². The molecule has 0 radical (unpaired) electrons. The number of halogens is 2. The number of benzene rings is 1. The fourth-order valence-electron chi connectivity index (χ4n) is 2.13. The molecule has 0 aliphatic rings. The van der Waals surface area contributed by atoms with Gasteiger partial charge in [-0.2, -0.15) is 5.10 Å². The van der Waals surface area contributed by atoms with Crippen molar-refractivity contribution in [2.75, 3.05) is 0 Å². The highest BCUT2D eigenvalue weighted by molar-refractivity contribution is 9.10. The molecule has 0 saturated carbocycles. The first-order valence-electron chi connectivity index (χ1n) is 6.02. The van der Waals surface area contributed by atoms with Crippen LogP contribution in [0.15, 0.2) is 22.7 Å². The standard InChI is InChI=1S/C14H16BrClN2O/c1-8-4-5-12(15)11(6-8)13(19)7-10-9(2)17-18(3)14(10)16/h4-6,13,19H,7H2,1-3H3. The van der Waals surface area contributed by atoms with Gasteiger partial charge in [0.05, 0.1) is 11.8 Å². The number of aryl methyl sites for hydroxylation is 3. The smallest absolute Gasteiger partial charge is 0.130 e. The second-order valence-corrected chi connectivity index (χ2v) is 5.94. The maximum Gasteiger partial charge on any atom is 0.130 e. The lowest BCUT2D eigenvalue weighted by molar-refractivity contribution is 0.177. The second-order valence-electron chi connectivity index (χ2n) is 4.72. The Kier molecular flexibility index (Phi) is 4.33. The van der Waals surface area contributed by atoms with Crippen LogP contribution in [-0.4, -0.2) is 14.9 Å². The third-order valence-corrected chi connectivity index (χ3v) is 4.37. The van der Waals surface area contributed by atoms with Crippen LogP contribution in [-0.2, 0) is 13.5 Å². The molecule has 3 nitrogen and oxygen atoms in total. The zero-order valence-electron chi connectivity index (χ0n) is 11.1. The molecule has 1 N–H and O–H groups in total. The molecule has 0 fully saturated rings. The molecule has 0 saturated heterocycles. The molecule has 1 unspecified atom stereocenters. The summed E-state index contributed by atoms with van der Waals surface area (Å²) >= 11 is 9.67. The van der Waals surface area contributed by atoms with Gasteiger partial charge in [0.1, 0.15) is 5.15 Å². The van der Waals surface area contributed by atoms with Gasteiger partial charge in [-0.05, 0) is 25.5 Å². The van der Waals surface area contributed by atoms with Gasteiger partial charge < -0.3 is 5.11 Å². The van der Waals surface area contributed by atoms with Gasteiger partial charge in [0.2, 0.25) is 0 Å². The van der Waals surface area contributed by atoms with Crippen LogP contribution in [0.1, 0.15) is 28.5 Å². The van der Waals surface area contributed by atoms with E-state index in [0.717, 1.165) is 26.9 Å². The van der Waals surface area contributed by atoms with E-state index in [1.807, 2.05) is 32.0 Å². The first kappa shape index (κ1) is 14.6. The third kappa shape index (κ3) is 3.02. The average molecular weight is 344 g/mol. The minimum absolute atomic E-state index is 0.459. The van der Waals surface area contributed by atoms with Crippen LogP contribution in [0.2, 0.25) is 5.15 Å². The predicted octanol–water partition coefficient (Wildman–Crippen LogP) is 3.73. The summed E-state index contributed by atoms with van der Waals surface area (Å²) in [5.74, 6) is 0. The number of hydrogen-bond donors (Lipinski definition) is 1. The summed E-state index contributed by atoms with van der Waals surface area (Å²) in [5.41, 5.74) is 3.74. The fourth-order valence-corrected chi connectivity index (χ4v) is 2.89. The summed E-state index contributed by atoms with van der Waals surface area (Å²) in [6, 6.07) is 5.93. The molecule has 0 amide bonds. The summed E-state index contributed by atoms with van der Waals surface area (Å²) in [6.45, 7) is 3.91. The maximum atomic E-state index is 10.4. The summed E-state index contributed by atoms with van der Waals surface area (Å²) in [7, 11) is 1.80. The van der Waals surface area contributed by atoms with Gasteiger partial charge in [-0.3, -0.25) is 4.68 Å². The van der Waals surface area contributed by atoms with E-state index in [1.165, 1.54) is 0 Å². The summed E-state index contributed by atoms with van der Waals surface area (Å²) in [5, 5.41) is 15.3. The molecule has 2 rings (SSSR count). The van der Waals surface area contributed by atoms with Crippen molar-refractivity contribution in [3.8, 4) is 0 Å². The van der Waals surface area contributed by atoms with E-state index in [2.05, 4.69) is 21.0 Å². The van der Waals surface area contributed by atoms with Gasteiger partial charge in [0.15, 0.2) is 0 Å². The summed E-state index contributed by atoms with van der Waals surface area (Å²) < 4.78 is 2.53. The molecule has 19 heavy (non-hydrogen) atoms. The van der Waals surface area contributed by atoms with Crippen molar-refractivity contribution in [1.29, 1.82) is 0 Å². The molecule has 2 aromatic rings. The molecular formula is C14H16BrClN2O. The van der Waals surface area contributed by atoms with Crippen molar-refractivity contribution in [3.05, 3.63) is 50.2 Å². The van der Waals surface area contributed by atoms with E-state index < -0.39 is 6.10 Å². The van der Waals surface area contributed by atoms with Crippen LogP contribution >= 0.6 is 27.5 Å². The zero-order chi connectivity index (χ0) is 14.2. The largest absolute Gasteiger partial charge is 0.388 e. The van der Waals surface area contributed by atoms with Crippen molar-refractivity contribution in [2.24, 2.45) is 7.05 Å². The number of nitrogens with zero attached hydrogens (tertiary/aromatic N) is 2. The van der Waals surface area contributed by atoms with Crippen molar-refractivity contribution in [1.82, 2.24) is 9.78 Å². The Labute approximate surface area is 126 Å². The van der Waals surface area contributed by atoms with Gasteiger partial charge in [0, 0.05) is 23.5 Å². The average Bonchev–Trinajstić information content (AvgIpc) is 2.59. The normalized spacial score (nSPS) is 12.7. The van der Waals surface area contributed by atoms with Gasteiger partial charge in [-0.25, -0.2) is 0 Å². The highest BCUT2D eigenvalue weighted by atomic mass is 79.9. The molecule has 0 aliphatic carbocycles. The van der Waals surface area contributed by atoms with Crippen LogP contribution in [0.3, 0.4) is 0 Å². The molecule has 0 spiro atoms. The molecule has 1 atom stereocenters. The number of aromatic nitrogens is 2. The molecule has 1 aromatic heterocycles. The van der Waals surface area contributed by atoms with Crippen LogP contribution in [0, 0.1) is 13.8 Å². The minimum Gasteiger partial charge on any atom is -0.388 e. The van der Waals surface area contributed by atoms with Crippen molar-refractivity contribution in [2.45, 2.75) is 26.4 Å². The number of rotatable bonds is 3. The summed E-state index contributed by atoms with van der Waals surface area (Å²) in [4.78, 5) is 0. The lowest BCUT2D eigenvalue weighted by Crippen LogP contribution is -2.04. The Morgan fingerprint density at radius 3 is 2.68 bits per heavy atom. The van der Waals surface area contributed by atoms with Gasteiger partial charge in [0.25, 0.3) is 0 Å². The fraction of sp³-hybridized carbons (Fsp3) is 0.357. The Balaban J connectivity index is 2.30. The van der Waals surface area contributed by atoms with Gasteiger partial charge in [-0.1, -0.05) is 45.2 Å². The quantitative estimate of drug-likeness (QED) is 0.922. The monoisotopic (exact) mass is 342 g/mol. The molecule has 0 bridgehead atoms. The van der Waals surface area contributed by atoms with Crippen LogP contribution in [0.5, 0.6) is 0 Å². The van der Waals surface area contributed by atoms with Crippen LogP contribution < -0.4 is 0 Å². The SMILES string of the molecule is Cc1ccc(Br)c(C(O)Cc2c(C)nn(C)c2Cl)c1. The predicted molar refractivity (Wildman–Crippen MR) is 80.5 cm³/mol. The Morgan fingerprint density at radius 2 is 2.11 bits per heavy atom. The van der Waals surface area contributed by atoms with E-state index in [9.17, 15) is 5.11 Å². The highest BCUT2D eigenvalue weighted by Gasteiger charge is 2.18. The van der Waals surface area contributed by atoms with Crippen LogP contribution in [0.25, 0.3) is 0 Å². The van der Waals surface area contributed by atoms with Crippen molar-refractivity contribution in [3.63, 3.8) is 0 Å². The first-order valence-corrected chi connectivity index (χ1v) is 7.19. The van der Waals surface area contributed by atoms with Crippen molar-refractivity contribution < 1.29 is 5.11 Å². The van der Waals surface area contributed by atoms with Gasteiger partial charge in [-0.15, -0.1) is 0 Å². The molecule has 0 aliphatic heterocycles. The second kappa shape index (κ2) is 5.65. The minimum atomic E-state index is -0.602. The molecule has 1 heterocycles. The molecule has 1 aromatic carbocycles. The summed E-state index contributed by atoms with van der Waals surface area (Å²) in [6.07, 6.45) is -0.143. The van der Waals surface area contributed by atoms with E-state index in [-0.39, 0.29) is 0 Å². The van der Waals surface area contributed by atoms with E-state index >= 15 is 0 Å². The van der Waals surface area contributed by atoms with E-state index in [4.69, 9.17) is 11.6 Å². The Bertz CT molecular complexity index is 610. The molecule has 102 valence electrons. The number of aliphatic hydroxyl groups is 1. The first-order chi connectivity index (χ1) is 8.90. The maximum absolute atomic E-state index is 10.4. The van der Waals surface area contributed by atoms with Crippen LogP contribution in [0.4, 0.5) is 0 Å². The van der Waals surface area contributed by atoms with Gasteiger partial charge >= 0.3 is 0 Å².